The van der Waals surface area contributed by atoms with Crippen LogP contribution < -0.4 is 0 Å². The van der Waals surface area contributed by atoms with Gasteiger partial charge >= 0.3 is 0 Å². The Hall–Kier alpha value is -1.34. The van der Waals surface area contributed by atoms with E-state index >= 15 is 0 Å². The first-order valence-corrected chi connectivity index (χ1v) is 6.29. The monoisotopic (exact) mass is 230 g/mol. The summed E-state index contributed by atoms with van der Waals surface area (Å²) in [5, 5.41) is 0. The molecule has 0 bridgehead atoms. The molecule has 1 aromatic carbocycles. The molecule has 0 atom stereocenters. The van der Waals surface area contributed by atoms with Crippen molar-refractivity contribution >= 4 is 12.2 Å². The number of allylic oxidation sites excluding steroid dienone is 1. The lowest BCUT2D eigenvalue weighted by Crippen LogP contribution is -1.83. The number of hydrogen-bond acceptors (Lipinski definition) is 1. The smallest absolute Gasteiger partial charge is 0.0646 e. The van der Waals surface area contributed by atoms with Crippen LogP contribution in [0.4, 0.5) is 0 Å². The molecule has 1 rings (SSSR count). The minimum atomic E-state index is 0.661. The van der Waals surface area contributed by atoms with Crippen LogP contribution in [0.1, 0.15) is 37.3 Å². The second-order valence-corrected chi connectivity index (χ2v) is 4.03. The summed E-state index contributed by atoms with van der Waals surface area (Å²) in [6.45, 7) is 2.88. The largest absolute Gasteiger partial charge is 0.381 e. The minimum absolute atomic E-state index is 0.661. The number of ether oxygens (including phenoxy) is 1. The van der Waals surface area contributed by atoms with Gasteiger partial charge in [-0.1, -0.05) is 68.3 Å². The highest BCUT2D eigenvalue weighted by atomic mass is 16.5. The second-order valence-electron chi connectivity index (χ2n) is 4.03. The summed E-state index contributed by atoms with van der Waals surface area (Å²) in [6, 6.07) is 8.42. The fourth-order valence-corrected chi connectivity index (χ4v) is 1.62. The Kier molecular flexibility index (Phi) is 7.08. The zero-order valence-electron chi connectivity index (χ0n) is 10.9. The number of methoxy groups -OCH3 is 1. The number of benzene rings is 1. The molecule has 0 aliphatic carbocycles. The van der Waals surface area contributed by atoms with Crippen molar-refractivity contribution in [1.82, 2.24) is 0 Å². The zero-order chi connectivity index (χ0) is 12.3. The van der Waals surface area contributed by atoms with Gasteiger partial charge in [-0.25, -0.2) is 0 Å². The fraction of sp³-hybridized carbons (Fsp3) is 0.375. The summed E-state index contributed by atoms with van der Waals surface area (Å²) < 4.78 is 5.01. The van der Waals surface area contributed by atoms with E-state index in [1.165, 1.54) is 24.0 Å². The molecule has 1 heteroatoms. The van der Waals surface area contributed by atoms with Gasteiger partial charge in [0.2, 0.25) is 0 Å². The molecule has 0 fully saturated rings. The topological polar surface area (TPSA) is 9.23 Å². The molecule has 0 aromatic heterocycles. The number of hydrogen-bond donors (Lipinski definition) is 0. The van der Waals surface area contributed by atoms with Gasteiger partial charge in [-0.3, -0.25) is 0 Å². The van der Waals surface area contributed by atoms with Gasteiger partial charge in [0, 0.05) is 7.11 Å². The van der Waals surface area contributed by atoms with Crippen molar-refractivity contribution in [2.75, 3.05) is 13.7 Å². The maximum Gasteiger partial charge on any atom is 0.0646 e. The van der Waals surface area contributed by atoms with E-state index in [0.717, 1.165) is 6.42 Å². The molecule has 1 nitrogen and oxygen atoms in total. The van der Waals surface area contributed by atoms with Gasteiger partial charge in [-0.05, 0) is 17.5 Å². The molecule has 0 radical (unpaired) electrons. The Bertz CT molecular complexity index is 364. The SMILES string of the molecule is CCCCC=Cc1ccccc1C=CCOC. The molecular weight excluding hydrogens is 208 g/mol. The third kappa shape index (κ3) is 5.50. The van der Waals surface area contributed by atoms with Gasteiger partial charge in [-0.2, -0.15) is 0 Å². The van der Waals surface area contributed by atoms with Crippen molar-refractivity contribution in [3.63, 3.8) is 0 Å². The highest BCUT2D eigenvalue weighted by molar-refractivity contribution is 5.65. The lowest BCUT2D eigenvalue weighted by Gasteiger charge is -2.00. The number of rotatable bonds is 7. The van der Waals surface area contributed by atoms with Crippen molar-refractivity contribution < 1.29 is 4.74 Å². The molecule has 0 amide bonds. The summed E-state index contributed by atoms with van der Waals surface area (Å²) in [7, 11) is 1.71. The minimum Gasteiger partial charge on any atom is -0.381 e. The predicted molar refractivity (Wildman–Crippen MR) is 75.9 cm³/mol. The number of unbranched alkanes of at least 4 members (excludes halogenated alkanes) is 2. The molecule has 0 saturated carbocycles. The lowest BCUT2D eigenvalue weighted by molar-refractivity contribution is 0.234. The summed E-state index contributed by atoms with van der Waals surface area (Å²) in [5.74, 6) is 0. The molecular formula is C16H22O. The Labute approximate surface area is 105 Å². The summed E-state index contributed by atoms with van der Waals surface area (Å²) in [4.78, 5) is 0. The van der Waals surface area contributed by atoms with Crippen molar-refractivity contribution in [3.05, 3.63) is 47.5 Å². The third-order valence-electron chi connectivity index (χ3n) is 2.58. The van der Waals surface area contributed by atoms with Crippen LogP contribution in [-0.4, -0.2) is 13.7 Å². The van der Waals surface area contributed by atoms with Crippen LogP contribution >= 0.6 is 0 Å². The first-order valence-electron chi connectivity index (χ1n) is 6.29. The van der Waals surface area contributed by atoms with Gasteiger partial charge in [0.15, 0.2) is 0 Å². The third-order valence-corrected chi connectivity index (χ3v) is 2.58. The average molecular weight is 230 g/mol. The normalized spacial score (nSPS) is 11.6. The predicted octanol–water partition coefficient (Wildman–Crippen LogP) is 4.55. The molecule has 17 heavy (non-hydrogen) atoms. The summed E-state index contributed by atoms with van der Waals surface area (Å²) in [5.41, 5.74) is 2.52. The van der Waals surface area contributed by atoms with Gasteiger partial charge in [0.25, 0.3) is 0 Å². The summed E-state index contributed by atoms with van der Waals surface area (Å²) in [6.07, 6.45) is 12.3. The van der Waals surface area contributed by atoms with E-state index in [2.05, 4.69) is 49.4 Å². The van der Waals surface area contributed by atoms with Crippen LogP contribution in [-0.2, 0) is 4.74 Å². The highest BCUT2D eigenvalue weighted by Crippen LogP contribution is 2.13. The standard InChI is InChI=1S/C16H22O/c1-3-4-5-6-10-15-11-7-8-12-16(15)13-9-14-17-2/h6-13H,3-5,14H2,1-2H3. The van der Waals surface area contributed by atoms with E-state index in [9.17, 15) is 0 Å². The molecule has 0 unspecified atom stereocenters. The molecule has 0 saturated heterocycles. The quantitative estimate of drug-likeness (QED) is 0.624. The van der Waals surface area contributed by atoms with E-state index in [4.69, 9.17) is 4.74 Å². The van der Waals surface area contributed by atoms with E-state index < -0.39 is 0 Å². The van der Waals surface area contributed by atoms with Gasteiger partial charge in [-0.15, -0.1) is 0 Å². The molecule has 1 aromatic rings. The van der Waals surface area contributed by atoms with Gasteiger partial charge < -0.3 is 4.74 Å². The van der Waals surface area contributed by atoms with Crippen molar-refractivity contribution in [2.45, 2.75) is 26.2 Å². The Morgan fingerprint density at radius 3 is 2.29 bits per heavy atom. The van der Waals surface area contributed by atoms with Crippen LogP contribution in [0.15, 0.2) is 36.4 Å². The molecule has 0 aliphatic rings. The van der Waals surface area contributed by atoms with E-state index in [0.29, 0.717) is 6.61 Å². The van der Waals surface area contributed by atoms with E-state index in [1.54, 1.807) is 7.11 Å². The maximum atomic E-state index is 5.01. The van der Waals surface area contributed by atoms with Crippen LogP contribution in [0.25, 0.3) is 12.2 Å². The average Bonchev–Trinajstić information content (AvgIpc) is 2.36. The highest BCUT2D eigenvalue weighted by Gasteiger charge is 1.93. The molecule has 92 valence electrons. The van der Waals surface area contributed by atoms with Crippen molar-refractivity contribution in [3.8, 4) is 0 Å². The zero-order valence-corrected chi connectivity index (χ0v) is 10.9. The molecule has 0 heterocycles. The summed E-state index contributed by atoms with van der Waals surface area (Å²) >= 11 is 0. The van der Waals surface area contributed by atoms with Crippen molar-refractivity contribution in [2.24, 2.45) is 0 Å². The van der Waals surface area contributed by atoms with E-state index in [1.807, 2.05) is 6.08 Å². The van der Waals surface area contributed by atoms with E-state index in [-0.39, 0.29) is 0 Å². The van der Waals surface area contributed by atoms with Crippen LogP contribution in [0.3, 0.4) is 0 Å². The fourth-order valence-electron chi connectivity index (χ4n) is 1.62. The Balaban J connectivity index is 2.67. The Morgan fingerprint density at radius 2 is 1.71 bits per heavy atom. The lowest BCUT2D eigenvalue weighted by atomic mass is 10.1. The molecule has 0 spiro atoms. The first-order chi connectivity index (χ1) is 8.38. The van der Waals surface area contributed by atoms with Gasteiger partial charge in [0.1, 0.15) is 0 Å². The van der Waals surface area contributed by atoms with Gasteiger partial charge in [0.05, 0.1) is 6.61 Å². The van der Waals surface area contributed by atoms with Crippen LogP contribution in [0.5, 0.6) is 0 Å². The first kappa shape index (κ1) is 13.7. The molecule has 0 N–H and O–H groups in total. The van der Waals surface area contributed by atoms with Crippen LogP contribution in [0.2, 0.25) is 0 Å². The van der Waals surface area contributed by atoms with Crippen molar-refractivity contribution in [1.29, 1.82) is 0 Å². The Morgan fingerprint density at radius 1 is 1.06 bits per heavy atom. The maximum absolute atomic E-state index is 5.01. The second kappa shape index (κ2) is 8.77. The molecule has 0 aliphatic heterocycles. The van der Waals surface area contributed by atoms with Crippen LogP contribution in [0, 0.1) is 0 Å².